The molecule has 0 atom stereocenters. The van der Waals surface area contributed by atoms with Crippen LogP contribution in [0.3, 0.4) is 0 Å². The minimum absolute atomic E-state index is 0.647. The van der Waals surface area contributed by atoms with Gasteiger partial charge in [0, 0.05) is 25.5 Å². The van der Waals surface area contributed by atoms with Gasteiger partial charge in [-0.1, -0.05) is 0 Å². The van der Waals surface area contributed by atoms with E-state index in [0.29, 0.717) is 6.54 Å². The van der Waals surface area contributed by atoms with E-state index < -0.39 is 0 Å². The largest absolute Gasteiger partial charge is 0.341 e. The molecule has 0 fully saturated rings. The Morgan fingerprint density at radius 2 is 1.79 bits per heavy atom. The van der Waals surface area contributed by atoms with Gasteiger partial charge in [0.1, 0.15) is 0 Å². The zero-order valence-corrected chi connectivity index (χ0v) is 8.90. The van der Waals surface area contributed by atoms with Crippen molar-refractivity contribution in [2.24, 2.45) is 5.73 Å². The molecule has 78 valence electrons. The molecule has 0 spiro atoms. The molecule has 0 aliphatic rings. The first-order chi connectivity index (χ1) is 6.81. The number of aromatic nitrogens is 2. The second-order valence-corrected chi connectivity index (χ2v) is 3.10. The molecule has 0 amide bonds. The molecule has 0 saturated heterocycles. The van der Waals surface area contributed by atoms with Gasteiger partial charge in [-0.3, -0.25) is 0 Å². The third-order valence-electron chi connectivity index (χ3n) is 2.17. The summed E-state index contributed by atoms with van der Waals surface area (Å²) >= 11 is 0. The number of nitrogens with two attached hydrogens (primary N) is 1. The lowest BCUT2D eigenvalue weighted by atomic mass is 10.2. The smallest absolute Gasteiger partial charge is 0.225 e. The first-order valence-corrected chi connectivity index (χ1v) is 5.07. The second kappa shape index (κ2) is 5.54. The van der Waals surface area contributed by atoms with Crippen molar-refractivity contribution in [3.05, 3.63) is 18.0 Å². The molecule has 0 bridgehead atoms. The van der Waals surface area contributed by atoms with Gasteiger partial charge in [-0.2, -0.15) is 0 Å². The Labute approximate surface area is 85.2 Å². The summed E-state index contributed by atoms with van der Waals surface area (Å²) in [4.78, 5) is 10.7. The van der Waals surface area contributed by atoms with Crippen LogP contribution in [0.15, 0.2) is 12.4 Å². The minimum Gasteiger partial charge on any atom is -0.341 e. The molecular weight excluding hydrogens is 176 g/mol. The zero-order chi connectivity index (χ0) is 10.4. The summed E-state index contributed by atoms with van der Waals surface area (Å²) < 4.78 is 0. The molecule has 1 rings (SSSR count). The van der Waals surface area contributed by atoms with Crippen molar-refractivity contribution in [1.29, 1.82) is 0 Å². The van der Waals surface area contributed by atoms with E-state index in [4.69, 9.17) is 5.73 Å². The van der Waals surface area contributed by atoms with Gasteiger partial charge < -0.3 is 10.6 Å². The summed E-state index contributed by atoms with van der Waals surface area (Å²) in [5, 5.41) is 0. The highest BCUT2D eigenvalue weighted by Crippen LogP contribution is 2.06. The van der Waals surface area contributed by atoms with Gasteiger partial charge in [-0.05, 0) is 32.4 Å². The molecule has 4 nitrogen and oxygen atoms in total. The molecule has 4 heteroatoms. The summed E-state index contributed by atoms with van der Waals surface area (Å²) in [6.07, 6.45) is 4.56. The van der Waals surface area contributed by atoms with Crippen molar-refractivity contribution in [2.45, 2.75) is 20.3 Å². The third-order valence-corrected chi connectivity index (χ3v) is 2.17. The van der Waals surface area contributed by atoms with Gasteiger partial charge in [0.25, 0.3) is 0 Å². The van der Waals surface area contributed by atoms with E-state index in [1.54, 1.807) is 0 Å². The SMILES string of the molecule is CCN(CC)c1ncc(CCN)cn1. The van der Waals surface area contributed by atoms with Crippen LogP contribution < -0.4 is 10.6 Å². The van der Waals surface area contributed by atoms with Crippen LogP contribution in [0.2, 0.25) is 0 Å². The Balaban J connectivity index is 2.71. The van der Waals surface area contributed by atoms with Gasteiger partial charge in [-0.15, -0.1) is 0 Å². The first-order valence-electron chi connectivity index (χ1n) is 5.07. The molecule has 1 aromatic heterocycles. The van der Waals surface area contributed by atoms with Gasteiger partial charge >= 0.3 is 0 Å². The van der Waals surface area contributed by atoms with Gasteiger partial charge in [0.05, 0.1) is 0 Å². The lowest BCUT2D eigenvalue weighted by molar-refractivity contribution is 0.814. The average molecular weight is 194 g/mol. The number of anilines is 1. The Hall–Kier alpha value is -1.16. The van der Waals surface area contributed by atoms with Gasteiger partial charge in [-0.25, -0.2) is 9.97 Å². The van der Waals surface area contributed by atoms with Crippen LogP contribution in [0.4, 0.5) is 5.95 Å². The van der Waals surface area contributed by atoms with Crippen LogP contribution in [0.1, 0.15) is 19.4 Å². The molecule has 0 saturated carbocycles. The predicted octanol–water partition coefficient (Wildman–Crippen LogP) is 0.824. The normalized spacial score (nSPS) is 10.2. The molecule has 14 heavy (non-hydrogen) atoms. The number of nitrogens with zero attached hydrogens (tertiary/aromatic N) is 3. The summed E-state index contributed by atoms with van der Waals surface area (Å²) in [5.41, 5.74) is 6.55. The summed E-state index contributed by atoms with van der Waals surface area (Å²) in [7, 11) is 0. The highest BCUT2D eigenvalue weighted by atomic mass is 15.2. The topological polar surface area (TPSA) is 55.0 Å². The van der Waals surface area contributed by atoms with Crippen molar-refractivity contribution in [3.8, 4) is 0 Å². The summed E-state index contributed by atoms with van der Waals surface area (Å²) in [5.74, 6) is 0.802. The van der Waals surface area contributed by atoms with Crippen LogP contribution in [0.25, 0.3) is 0 Å². The maximum absolute atomic E-state index is 5.44. The molecule has 0 unspecified atom stereocenters. The monoisotopic (exact) mass is 194 g/mol. The van der Waals surface area contributed by atoms with E-state index in [0.717, 1.165) is 31.0 Å². The molecule has 0 aromatic carbocycles. The predicted molar refractivity (Wildman–Crippen MR) is 58.4 cm³/mol. The van der Waals surface area contributed by atoms with E-state index >= 15 is 0 Å². The highest BCUT2D eigenvalue weighted by Gasteiger charge is 2.03. The lowest BCUT2D eigenvalue weighted by Crippen LogP contribution is -2.24. The Bertz CT molecular complexity index is 253. The van der Waals surface area contributed by atoms with Crippen LogP contribution in [-0.4, -0.2) is 29.6 Å². The number of hydrogen-bond acceptors (Lipinski definition) is 4. The molecule has 0 aliphatic carbocycles. The maximum atomic E-state index is 5.44. The molecule has 2 N–H and O–H groups in total. The highest BCUT2D eigenvalue weighted by molar-refractivity contribution is 5.29. The van der Waals surface area contributed by atoms with E-state index in [-0.39, 0.29) is 0 Å². The Kier molecular flexibility index (Phi) is 4.32. The van der Waals surface area contributed by atoms with Crippen LogP contribution in [0.5, 0.6) is 0 Å². The standard InChI is InChI=1S/C10H18N4/c1-3-14(4-2)10-12-7-9(5-6-11)8-13-10/h7-8H,3-6,11H2,1-2H3. The molecule has 0 aliphatic heterocycles. The van der Waals surface area contributed by atoms with Crippen molar-refractivity contribution in [1.82, 2.24) is 9.97 Å². The fourth-order valence-electron chi connectivity index (χ4n) is 1.31. The number of rotatable bonds is 5. The Morgan fingerprint density at radius 1 is 1.21 bits per heavy atom. The van der Waals surface area contributed by atoms with Crippen molar-refractivity contribution >= 4 is 5.95 Å². The molecule has 0 radical (unpaired) electrons. The van der Waals surface area contributed by atoms with Crippen molar-refractivity contribution < 1.29 is 0 Å². The van der Waals surface area contributed by atoms with E-state index in [9.17, 15) is 0 Å². The van der Waals surface area contributed by atoms with Crippen LogP contribution in [-0.2, 0) is 6.42 Å². The van der Waals surface area contributed by atoms with Crippen LogP contribution >= 0.6 is 0 Å². The minimum atomic E-state index is 0.647. The maximum Gasteiger partial charge on any atom is 0.225 e. The Morgan fingerprint density at radius 3 is 2.21 bits per heavy atom. The van der Waals surface area contributed by atoms with Crippen molar-refractivity contribution in [3.63, 3.8) is 0 Å². The van der Waals surface area contributed by atoms with E-state index in [2.05, 4.69) is 28.7 Å². The summed E-state index contributed by atoms with van der Waals surface area (Å²) in [6.45, 7) is 6.72. The van der Waals surface area contributed by atoms with Gasteiger partial charge in [0.2, 0.25) is 5.95 Å². The molecular formula is C10H18N4. The molecule has 1 aromatic rings. The van der Waals surface area contributed by atoms with Crippen LogP contribution in [0, 0.1) is 0 Å². The number of hydrogen-bond donors (Lipinski definition) is 1. The third kappa shape index (κ3) is 2.67. The fraction of sp³-hybridized carbons (Fsp3) is 0.600. The fourth-order valence-corrected chi connectivity index (χ4v) is 1.31. The summed E-state index contributed by atoms with van der Waals surface area (Å²) in [6, 6.07) is 0. The van der Waals surface area contributed by atoms with E-state index in [1.807, 2.05) is 12.4 Å². The zero-order valence-electron chi connectivity index (χ0n) is 8.90. The van der Waals surface area contributed by atoms with Crippen molar-refractivity contribution in [2.75, 3.05) is 24.5 Å². The second-order valence-electron chi connectivity index (χ2n) is 3.10. The van der Waals surface area contributed by atoms with E-state index in [1.165, 1.54) is 0 Å². The lowest BCUT2D eigenvalue weighted by Gasteiger charge is -2.17. The first kappa shape index (κ1) is 10.9. The average Bonchev–Trinajstić information content (AvgIpc) is 2.23. The quantitative estimate of drug-likeness (QED) is 0.754. The molecule has 1 heterocycles. The van der Waals surface area contributed by atoms with Gasteiger partial charge in [0.15, 0.2) is 0 Å².